The summed E-state index contributed by atoms with van der Waals surface area (Å²) in [6.07, 6.45) is -21.3. The average molecular weight is 857 g/mol. The number of rotatable bonds is 13. The zero-order valence-corrected chi connectivity index (χ0v) is 35.0. The lowest BCUT2D eigenvalue weighted by molar-refractivity contribution is 0.409. The highest BCUT2D eigenvalue weighted by Crippen LogP contribution is 2.37. The number of hydrogen-bond acceptors (Lipinski definition) is 5. The van der Waals surface area contributed by atoms with Crippen molar-refractivity contribution in [3.05, 3.63) is 208 Å². The van der Waals surface area contributed by atoms with Crippen molar-refractivity contribution in [2.75, 3.05) is 0 Å². The van der Waals surface area contributed by atoms with E-state index in [4.69, 9.17) is 15.4 Å². The first-order chi connectivity index (χ1) is 39.6. The predicted molar refractivity (Wildman–Crippen MR) is 262 cm³/mol. The topological polar surface area (TPSA) is 75.6 Å². The highest BCUT2D eigenvalue weighted by atomic mass is 16.3. The van der Waals surface area contributed by atoms with Crippen LogP contribution >= 0.6 is 0 Å². The predicted octanol–water partition coefficient (Wildman–Crippen LogP) is 14.2. The number of benzene rings is 5. The summed E-state index contributed by atoms with van der Waals surface area (Å²) in [6, 6.07) is 29.2. The number of pyridine rings is 3. The third-order valence-electron chi connectivity index (χ3n) is 10.0. The van der Waals surface area contributed by atoms with Crippen molar-refractivity contribution in [2.24, 2.45) is 5.41 Å². The molecule has 0 spiro atoms. The van der Waals surface area contributed by atoms with E-state index in [0.717, 1.165) is 30.7 Å². The first-order valence-corrected chi connectivity index (χ1v) is 20.3. The van der Waals surface area contributed by atoms with E-state index >= 15 is 0 Å². The summed E-state index contributed by atoms with van der Waals surface area (Å²) in [5.74, 6) is 0. The molecule has 5 heteroatoms. The van der Waals surface area contributed by atoms with E-state index in [2.05, 4.69) is 15.0 Å². The summed E-state index contributed by atoms with van der Waals surface area (Å²) >= 11 is 0. The molecule has 4 heterocycles. The van der Waals surface area contributed by atoms with Gasteiger partial charge in [0.05, 0.1) is 31.5 Å². The maximum atomic E-state index is 9.88. The van der Waals surface area contributed by atoms with Crippen LogP contribution < -0.4 is 0 Å². The highest BCUT2D eigenvalue weighted by Gasteiger charge is 2.19. The van der Waals surface area contributed by atoms with Gasteiger partial charge >= 0.3 is 0 Å². The molecule has 0 bridgehead atoms. The second-order valence-corrected chi connectivity index (χ2v) is 15.9. The Morgan fingerprint density at radius 1 is 0.594 bits per heavy atom. The van der Waals surface area contributed by atoms with Gasteiger partial charge in [0.25, 0.3) is 0 Å². The summed E-state index contributed by atoms with van der Waals surface area (Å²) in [4.78, 5) is 13.2. The van der Waals surface area contributed by atoms with Crippen molar-refractivity contribution >= 4 is 21.9 Å². The number of fused-ring (bicyclic) bond motifs is 3. The fourth-order valence-corrected chi connectivity index (χ4v) is 7.04. The maximum Gasteiger partial charge on any atom is 0.144 e. The van der Waals surface area contributed by atoms with Crippen LogP contribution in [0.25, 0.3) is 55.7 Å². The van der Waals surface area contributed by atoms with E-state index in [0.29, 0.717) is 34.7 Å². The smallest absolute Gasteiger partial charge is 0.144 e. The molecular formula is C59H54N4O. The molecule has 4 aromatic heterocycles. The van der Waals surface area contributed by atoms with E-state index in [1.54, 1.807) is 78.9 Å². The van der Waals surface area contributed by atoms with Gasteiger partial charge in [-0.3, -0.25) is 15.0 Å². The van der Waals surface area contributed by atoms with Crippen LogP contribution in [0.15, 0.2) is 156 Å². The average Bonchev–Trinajstić information content (AvgIpc) is 0.771. The summed E-state index contributed by atoms with van der Waals surface area (Å²) < 4.78 is 210. The molecule has 5 aromatic carbocycles. The van der Waals surface area contributed by atoms with Crippen LogP contribution in [0, 0.1) is 30.4 Å². The minimum Gasteiger partial charge on any atom is -0.455 e. The van der Waals surface area contributed by atoms with Crippen LogP contribution in [0.5, 0.6) is 0 Å². The minimum absolute atomic E-state index is 0.0309. The van der Waals surface area contributed by atoms with E-state index < -0.39 is 114 Å². The molecule has 64 heavy (non-hydrogen) atoms. The molecule has 5 nitrogen and oxygen atoms in total. The van der Waals surface area contributed by atoms with Crippen LogP contribution in [0.3, 0.4) is 0 Å². The van der Waals surface area contributed by atoms with Gasteiger partial charge in [-0.2, -0.15) is 5.26 Å². The van der Waals surface area contributed by atoms with Gasteiger partial charge in [-0.25, -0.2) is 0 Å². The fraction of sp³-hybridized carbons (Fsp3) is 0.220. The molecule has 0 aliphatic heterocycles. The SMILES string of the molecule is [2H]c1cc2oc3c(-c4cc(C([2H])([2H])C(C)(C)C)c(C([2H])([2H])C([2H])([2H])c5cc(C([2H])([2H])C([2H])([2H])c6cnc(-c7ccccc7)cc6C([2H])([2H])[2H])cc(C([2H])([2H])C([2H])([2H])c6cnc(-c7ccccc7)cc6C([2H])([2H])[2H])c5)cn4)cccc3c2c([2H])c1C#N. The zero-order chi connectivity index (χ0) is 63.5. The number of nitrogens with zero attached hydrogens (tertiary/aromatic N) is 4. The monoisotopic (exact) mass is 857 g/mol. The van der Waals surface area contributed by atoms with E-state index in [1.807, 2.05) is 6.07 Å². The fourth-order valence-electron chi connectivity index (χ4n) is 7.04. The summed E-state index contributed by atoms with van der Waals surface area (Å²) in [5, 5.41) is 10.3. The van der Waals surface area contributed by atoms with Gasteiger partial charge in [0.2, 0.25) is 0 Å². The molecule has 0 saturated carbocycles. The Morgan fingerprint density at radius 2 is 1.14 bits per heavy atom. The number of furan rings is 1. The van der Waals surface area contributed by atoms with E-state index in [9.17, 15) is 24.5 Å². The number of nitriles is 1. The first kappa shape index (κ1) is 23.5. The molecule has 0 unspecified atom stereocenters. The summed E-state index contributed by atoms with van der Waals surface area (Å²) in [6.45, 7) is -1.72. The van der Waals surface area contributed by atoms with Crippen LogP contribution in [0.2, 0.25) is 0 Å². The molecule has 9 rings (SSSR count). The van der Waals surface area contributed by atoms with Gasteiger partial charge in [0, 0.05) is 73.5 Å². The molecule has 0 saturated heterocycles. The lowest BCUT2D eigenvalue weighted by atomic mass is 9.85. The van der Waals surface area contributed by atoms with Gasteiger partial charge in [0.1, 0.15) is 11.2 Å². The zero-order valence-electron chi connectivity index (χ0n) is 57.0. The van der Waals surface area contributed by atoms with E-state index in [-0.39, 0.29) is 56.8 Å². The Morgan fingerprint density at radius 3 is 1.69 bits per heavy atom. The number of para-hydroxylation sites is 1. The van der Waals surface area contributed by atoms with Gasteiger partial charge in [-0.05, 0) is 156 Å². The normalized spacial score (nSPS) is 18.7. The van der Waals surface area contributed by atoms with Crippen molar-refractivity contribution in [3.63, 3.8) is 0 Å². The third kappa shape index (κ3) is 9.58. The lowest BCUT2D eigenvalue weighted by Crippen LogP contribution is -2.12. The summed E-state index contributed by atoms with van der Waals surface area (Å²) in [5.41, 5.74) is -7.24. The van der Waals surface area contributed by atoms with Crippen molar-refractivity contribution in [1.82, 2.24) is 15.0 Å². The summed E-state index contributed by atoms with van der Waals surface area (Å²) in [7, 11) is 0. The van der Waals surface area contributed by atoms with Crippen LogP contribution in [-0.4, -0.2) is 15.0 Å². The Hall–Kier alpha value is -7.16. The number of hydrogen-bond donors (Lipinski definition) is 0. The van der Waals surface area contributed by atoms with Gasteiger partial charge < -0.3 is 4.42 Å². The maximum absolute atomic E-state index is 9.88. The number of aromatic nitrogens is 3. The van der Waals surface area contributed by atoms with Gasteiger partial charge in [0.15, 0.2) is 0 Å². The molecule has 0 aliphatic rings. The lowest BCUT2D eigenvalue weighted by Gasteiger charge is -2.21. The third-order valence-corrected chi connectivity index (χ3v) is 10.0. The van der Waals surface area contributed by atoms with Crippen molar-refractivity contribution in [1.29, 1.82) is 5.26 Å². The largest absolute Gasteiger partial charge is 0.455 e. The van der Waals surface area contributed by atoms with Crippen LogP contribution in [-0.2, 0) is 44.6 Å². The van der Waals surface area contributed by atoms with Crippen molar-refractivity contribution in [2.45, 2.75) is 79.1 Å². The molecule has 0 fully saturated rings. The van der Waals surface area contributed by atoms with Crippen molar-refractivity contribution in [3.8, 4) is 39.8 Å². The minimum atomic E-state index is -3.60. The number of aryl methyl sites for hydroxylation is 8. The molecule has 0 atom stereocenters. The van der Waals surface area contributed by atoms with E-state index in [1.165, 1.54) is 32.9 Å². The molecule has 316 valence electrons. The van der Waals surface area contributed by atoms with Crippen LogP contribution in [0.4, 0.5) is 0 Å². The van der Waals surface area contributed by atoms with Gasteiger partial charge in [-0.1, -0.05) is 112 Å². The second kappa shape index (κ2) is 18.3. The van der Waals surface area contributed by atoms with Gasteiger partial charge in [-0.15, -0.1) is 0 Å². The molecule has 0 aliphatic carbocycles. The Kier molecular flexibility index (Phi) is 6.71. The quantitative estimate of drug-likeness (QED) is 0.115. The Labute approximate surface area is 408 Å². The molecule has 0 N–H and O–H groups in total. The Bertz CT molecular complexity index is 4020. The Balaban J connectivity index is 1.28. The molecule has 0 radical (unpaired) electrons. The van der Waals surface area contributed by atoms with Crippen LogP contribution in [0.1, 0.15) is 107 Å². The van der Waals surface area contributed by atoms with Crippen molar-refractivity contribution < 1.29 is 34.6 Å². The highest BCUT2D eigenvalue weighted by molar-refractivity contribution is 6.09. The first-order valence-electron chi connectivity index (χ1n) is 31.3. The molecule has 0 amide bonds. The molecule has 9 aromatic rings. The second-order valence-electron chi connectivity index (χ2n) is 15.9. The molecular weight excluding hydrogens is 781 g/mol. The standard InChI is InChI=1S/C59H54N4O/c1-39-27-54(45-13-8-6-9-14-45)61-36-47(39)23-19-41-29-42(20-24-48-37-62-55(28-40(48)2)46-15-10-7-11-16-46)31-43(30-41)21-25-49-38-63-56(33-50(49)34-59(3,4)5)52-18-12-17-51-53-32-44(35-60)22-26-57(53)64-58(51)52/h6-18,22,26-33,36-38H,19-21,23-25,34H2,1-5H3/i1D3,2D3,19D2,20D2,21D2,22D,23D2,24D2,25D2,32D,34D2.